The Morgan fingerprint density at radius 3 is 2.60 bits per heavy atom. The van der Waals surface area contributed by atoms with Crippen LogP contribution in [0.5, 0.6) is 0 Å². The number of alkyl halides is 3. The normalized spacial score (nSPS) is 11.4. The summed E-state index contributed by atoms with van der Waals surface area (Å²) in [5.74, 6) is -2.34. The van der Waals surface area contributed by atoms with Crippen LogP contribution in [0.1, 0.15) is 12.5 Å². The second kappa shape index (κ2) is 6.74. The second-order valence-corrected chi connectivity index (χ2v) is 3.87. The number of allylic oxidation sites excluding steroid dienone is 1. The number of hydrogen-bond acceptors (Lipinski definition) is 2. The molecule has 0 aromatic heterocycles. The zero-order chi connectivity index (χ0) is 15.2. The number of halogens is 3. The van der Waals surface area contributed by atoms with Gasteiger partial charge in [0.05, 0.1) is 0 Å². The third kappa shape index (κ3) is 5.13. The lowest BCUT2D eigenvalue weighted by molar-refractivity contribution is -0.167. The summed E-state index contributed by atoms with van der Waals surface area (Å²) in [7, 11) is 0. The van der Waals surface area contributed by atoms with Gasteiger partial charge in [-0.05, 0) is 30.7 Å². The molecule has 0 radical (unpaired) electrons. The van der Waals surface area contributed by atoms with Crippen molar-refractivity contribution in [2.24, 2.45) is 0 Å². The van der Waals surface area contributed by atoms with Crippen molar-refractivity contribution in [3.63, 3.8) is 0 Å². The van der Waals surface area contributed by atoms with E-state index >= 15 is 0 Å². The molecule has 0 saturated heterocycles. The van der Waals surface area contributed by atoms with Crippen LogP contribution >= 0.6 is 0 Å². The van der Waals surface area contributed by atoms with Crippen LogP contribution < -0.4 is 10.6 Å². The van der Waals surface area contributed by atoms with Crippen LogP contribution in [0.25, 0.3) is 0 Å². The van der Waals surface area contributed by atoms with Gasteiger partial charge >= 0.3 is 12.1 Å². The third-order valence-electron chi connectivity index (χ3n) is 2.23. The summed E-state index contributed by atoms with van der Waals surface area (Å²) in [6.07, 6.45) is -2.04. The van der Waals surface area contributed by atoms with E-state index in [0.29, 0.717) is 5.56 Å². The number of nitrogens with one attached hydrogen (secondary N) is 2. The van der Waals surface area contributed by atoms with Crippen molar-refractivity contribution in [1.29, 1.82) is 0 Å². The third-order valence-corrected chi connectivity index (χ3v) is 2.23. The molecule has 7 heteroatoms. The molecule has 0 unspecified atom stereocenters. The molecule has 0 aliphatic carbocycles. The lowest BCUT2D eigenvalue weighted by atomic mass is 10.2. The van der Waals surface area contributed by atoms with Gasteiger partial charge in [0.2, 0.25) is 5.91 Å². The Balaban J connectivity index is 2.67. The Kier molecular flexibility index (Phi) is 5.31. The summed E-state index contributed by atoms with van der Waals surface area (Å²) in [6.45, 7) is 1.84. The minimum absolute atomic E-state index is 0.0186. The molecule has 20 heavy (non-hydrogen) atoms. The van der Waals surface area contributed by atoms with Gasteiger partial charge in [0.1, 0.15) is 0 Å². The highest BCUT2D eigenvalue weighted by molar-refractivity contribution is 5.95. The molecule has 0 fully saturated rings. The van der Waals surface area contributed by atoms with Crippen LogP contribution in [0.2, 0.25) is 0 Å². The van der Waals surface area contributed by atoms with Crippen molar-refractivity contribution >= 4 is 17.5 Å². The molecule has 1 aromatic carbocycles. The summed E-state index contributed by atoms with van der Waals surface area (Å²) in [4.78, 5) is 22.0. The van der Waals surface area contributed by atoms with Crippen LogP contribution in [0.15, 0.2) is 36.4 Å². The highest BCUT2D eigenvalue weighted by Gasteiger charge is 2.38. The molecule has 1 rings (SSSR count). The van der Waals surface area contributed by atoms with Crippen LogP contribution in [0, 0.1) is 0 Å². The Morgan fingerprint density at radius 1 is 1.30 bits per heavy atom. The Morgan fingerprint density at radius 2 is 2.00 bits per heavy atom. The maximum Gasteiger partial charge on any atom is 0.471 e. The van der Waals surface area contributed by atoms with Gasteiger partial charge in [0.25, 0.3) is 0 Å². The van der Waals surface area contributed by atoms with E-state index in [2.05, 4.69) is 5.32 Å². The van der Waals surface area contributed by atoms with Gasteiger partial charge in [0, 0.05) is 12.2 Å². The summed E-state index contributed by atoms with van der Waals surface area (Å²) in [5, 5.41) is 4.29. The highest BCUT2D eigenvalue weighted by atomic mass is 19.4. The van der Waals surface area contributed by atoms with Crippen LogP contribution in [-0.2, 0) is 16.1 Å². The first-order chi connectivity index (χ1) is 9.32. The zero-order valence-corrected chi connectivity index (χ0v) is 10.6. The molecular weight excluding hydrogens is 273 g/mol. The van der Waals surface area contributed by atoms with Gasteiger partial charge < -0.3 is 10.6 Å². The molecule has 0 saturated carbocycles. The van der Waals surface area contributed by atoms with Crippen molar-refractivity contribution < 1.29 is 22.8 Å². The van der Waals surface area contributed by atoms with Gasteiger partial charge in [-0.25, -0.2) is 0 Å². The fourth-order valence-corrected chi connectivity index (χ4v) is 1.36. The predicted octanol–water partition coefficient (Wildman–Crippen LogP) is 2.38. The number of anilines is 1. The van der Waals surface area contributed by atoms with Gasteiger partial charge in [-0.2, -0.15) is 13.2 Å². The molecule has 1 aromatic rings. The molecule has 2 N–H and O–H groups in total. The maximum atomic E-state index is 12.1. The number of carbonyl (C=O) groups is 2. The number of rotatable bonds is 4. The molecule has 0 atom stereocenters. The van der Waals surface area contributed by atoms with Crippen LogP contribution in [-0.4, -0.2) is 18.0 Å². The topological polar surface area (TPSA) is 58.2 Å². The first kappa shape index (κ1) is 15.7. The molecule has 0 aliphatic rings. The summed E-state index contributed by atoms with van der Waals surface area (Å²) in [6, 6.07) is 5.81. The molecule has 0 bridgehead atoms. The average molecular weight is 286 g/mol. The Labute approximate surface area is 113 Å². The van der Waals surface area contributed by atoms with E-state index in [1.807, 2.05) is 0 Å². The van der Waals surface area contributed by atoms with E-state index in [9.17, 15) is 22.8 Å². The van der Waals surface area contributed by atoms with Gasteiger partial charge in [-0.1, -0.05) is 18.2 Å². The first-order valence-corrected chi connectivity index (χ1v) is 5.70. The molecule has 0 aliphatic heterocycles. The van der Waals surface area contributed by atoms with E-state index in [-0.39, 0.29) is 18.1 Å². The van der Waals surface area contributed by atoms with Crippen molar-refractivity contribution in [3.05, 3.63) is 42.0 Å². The number of amides is 2. The standard InChI is InChI=1S/C13H13F3N2O2/c1-2-4-11(19)17-8-9-5-3-6-10(7-9)18-12(20)13(14,15)16/h2-7H,8H2,1H3,(H,17,19)(H,18,20)/b4-2+. The van der Waals surface area contributed by atoms with Crippen molar-refractivity contribution in [1.82, 2.24) is 5.32 Å². The van der Waals surface area contributed by atoms with Crippen LogP contribution in [0.4, 0.5) is 18.9 Å². The first-order valence-electron chi connectivity index (χ1n) is 5.70. The van der Waals surface area contributed by atoms with Crippen molar-refractivity contribution in [2.45, 2.75) is 19.6 Å². The maximum absolute atomic E-state index is 12.1. The van der Waals surface area contributed by atoms with Crippen LogP contribution in [0.3, 0.4) is 0 Å². The van der Waals surface area contributed by atoms with E-state index in [0.717, 1.165) is 0 Å². The van der Waals surface area contributed by atoms with E-state index in [4.69, 9.17) is 0 Å². The lowest BCUT2D eigenvalue weighted by Crippen LogP contribution is -2.30. The second-order valence-electron chi connectivity index (χ2n) is 3.87. The summed E-state index contributed by atoms with van der Waals surface area (Å²) >= 11 is 0. The summed E-state index contributed by atoms with van der Waals surface area (Å²) < 4.78 is 36.3. The van der Waals surface area contributed by atoms with Gasteiger partial charge in [0.15, 0.2) is 0 Å². The van der Waals surface area contributed by atoms with E-state index < -0.39 is 12.1 Å². The minimum Gasteiger partial charge on any atom is -0.348 e. The molecule has 108 valence electrons. The summed E-state index contributed by atoms with van der Waals surface area (Å²) in [5.41, 5.74) is 0.591. The SMILES string of the molecule is C/C=C/C(=O)NCc1cccc(NC(=O)C(F)(F)F)c1. The number of carbonyl (C=O) groups excluding carboxylic acids is 2. The van der Waals surface area contributed by atoms with Crippen molar-refractivity contribution in [3.8, 4) is 0 Å². The fraction of sp³-hybridized carbons (Fsp3) is 0.231. The van der Waals surface area contributed by atoms with E-state index in [1.54, 1.807) is 24.4 Å². The minimum atomic E-state index is -4.93. The zero-order valence-electron chi connectivity index (χ0n) is 10.6. The predicted molar refractivity (Wildman–Crippen MR) is 67.8 cm³/mol. The van der Waals surface area contributed by atoms with E-state index in [1.165, 1.54) is 24.3 Å². The lowest BCUT2D eigenvalue weighted by Gasteiger charge is -2.09. The molecule has 4 nitrogen and oxygen atoms in total. The van der Waals surface area contributed by atoms with Crippen molar-refractivity contribution in [2.75, 3.05) is 5.32 Å². The number of hydrogen-bond donors (Lipinski definition) is 2. The smallest absolute Gasteiger partial charge is 0.348 e. The highest BCUT2D eigenvalue weighted by Crippen LogP contribution is 2.18. The molecule has 0 spiro atoms. The molecule has 2 amide bonds. The van der Waals surface area contributed by atoms with Gasteiger partial charge in [-0.3, -0.25) is 9.59 Å². The Bertz CT molecular complexity index is 525. The average Bonchev–Trinajstić information content (AvgIpc) is 2.36. The molecule has 0 heterocycles. The largest absolute Gasteiger partial charge is 0.471 e. The number of benzene rings is 1. The Hall–Kier alpha value is -2.31. The monoisotopic (exact) mass is 286 g/mol. The molecular formula is C13H13F3N2O2. The van der Waals surface area contributed by atoms with Gasteiger partial charge in [-0.15, -0.1) is 0 Å². The fourth-order valence-electron chi connectivity index (χ4n) is 1.36. The quantitative estimate of drug-likeness (QED) is 0.835.